The van der Waals surface area contributed by atoms with E-state index in [4.69, 9.17) is 0 Å². The molecule has 1 saturated carbocycles. The average molecular weight is 232 g/mol. The van der Waals surface area contributed by atoms with Gasteiger partial charge in [-0.15, -0.1) is 0 Å². The Hall–Kier alpha value is -0.820. The minimum atomic E-state index is -0.171. The van der Waals surface area contributed by atoms with Gasteiger partial charge < -0.3 is 5.11 Å². The van der Waals surface area contributed by atoms with Gasteiger partial charge in [-0.1, -0.05) is 62.9 Å². The van der Waals surface area contributed by atoms with Crippen molar-refractivity contribution in [2.24, 2.45) is 0 Å². The first kappa shape index (κ1) is 12.6. The second kappa shape index (κ2) is 5.68. The molecule has 0 unspecified atom stereocenters. The van der Waals surface area contributed by atoms with Gasteiger partial charge in [0.05, 0.1) is 6.10 Å². The molecule has 0 radical (unpaired) electrons. The van der Waals surface area contributed by atoms with Crippen molar-refractivity contribution in [3.8, 4) is 0 Å². The molecule has 1 heteroatoms. The van der Waals surface area contributed by atoms with E-state index in [-0.39, 0.29) is 11.5 Å². The topological polar surface area (TPSA) is 20.2 Å². The zero-order valence-corrected chi connectivity index (χ0v) is 10.9. The third-order valence-corrected chi connectivity index (χ3v) is 4.29. The Kier molecular flexibility index (Phi) is 4.22. The van der Waals surface area contributed by atoms with Crippen LogP contribution in [0, 0.1) is 0 Å². The number of rotatable bonds is 4. The van der Waals surface area contributed by atoms with Crippen LogP contribution in [0.15, 0.2) is 30.3 Å². The summed E-state index contributed by atoms with van der Waals surface area (Å²) >= 11 is 0. The molecule has 1 atom stereocenters. The van der Waals surface area contributed by atoms with Crippen LogP contribution in [-0.2, 0) is 5.41 Å². The summed E-state index contributed by atoms with van der Waals surface area (Å²) in [5.41, 5.74) is 1.39. The number of hydrogen-bond donors (Lipinski definition) is 1. The fraction of sp³-hybridized carbons (Fsp3) is 0.625. The van der Waals surface area contributed by atoms with E-state index >= 15 is 0 Å². The molecule has 0 saturated heterocycles. The van der Waals surface area contributed by atoms with Crippen LogP contribution in [0.3, 0.4) is 0 Å². The minimum absolute atomic E-state index is 0.0372. The number of hydrogen-bond acceptors (Lipinski definition) is 1. The van der Waals surface area contributed by atoms with Crippen LogP contribution in [-0.4, -0.2) is 11.2 Å². The van der Waals surface area contributed by atoms with Crippen LogP contribution in [0.2, 0.25) is 0 Å². The molecule has 1 aromatic rings. The summed E-state index contributed by atoms with van der Waals surface area (Å²) in [7, 11) is 0. The fourth-order valence-corrected chi connectivity index (χ4v) is 3.32. The number of benzene rings is 1. The van der Waals surface area contributed by atoms with Crippen molar-refractivity contribution in [1.29, 1.82) is 0 Å². The maximum absolute atomic E-state index is 10.6. The van der Waals surface area contributed by atoms with E-state index in [1.165, 1.54) is 24.8 Å². The molecule has 0 aliphatic heterocycles. The lowest BCUT2D eigenvalue weighted by molar-refractivity contribution is 0.0464. The molecule has 2 rings (SSSR count). The summed E-state index contributed by atoms with van der Waals surface area (Å²) < 4.78 is 0. The monoisotopic (exact) mass is 232 g/mol. The average Bonchev–Trinajstić information content (AvgIpc) is 2.41. The maximum atomic E-state index is 10.6. The van der Waals surface area contributed by atoms with Crippen molar-refractivity contribution < 1.29 is 5.11 Å². The van der Waals surface area contributed by atoms with Crippen molar-refractivity contribution >= 4 is 0 Å². The van der Waals surface area contributed by atoms with Crippen LogP contribution in [0.1, 0.15) is 57.4 Å². The van der Waals surface area contributed by atoms with Crippen LogP contribution in [0.25, 0.3) is 0 Å². The Morgan fingerprint density at radius 1 is 1.12 bits per heavy atom. The van der Waals surface area contributed by atoms with Gasteiger partial charge in [0.2, 0.25) is 0 Å². The van der Waals surface area contributed by atoms with Gasteiger partial charge >= 0.3 is 0 Å². The van der Waals surface area contributed by atoms with Gasteiger partial charge in [-0.05, 0) is 24.8 Å². The lowest BCUT2D eigenvalue weighted by Crippen LogP contribution is -2.41. The molecule has 1 nitrogen and oxygen atoms in total. The van der Waals surface area contributed by atoms with Gasteiger partial charge in [-0.2, -0.15) is 0 Å². The molecule has 1 aromatic carbocycles. The summed E-state index contributed by atoms with van der Waals surface area (Å²) in [4.78, 5) is 0. The van der Waals surface area contributed by atoms with Gasteiger partial charge in [0, 0.05) is 5.41 Å². The lowest BCUT2D eigenvalue weighted by Gasteiger charge is -2.42. The van der Waals surface area contributed by atoms with E-state index in [9.17, 15) is 5.11 Å². The van der Waals surface area contributed by atoms with Crippen molar-refractivity contribution in [1.82, 2.24) is 0 Å². The first-order valence-electron chi connectivity index (χ1n) is 7.03. The molecule has 1 aliphatic rings. The second-order valence-electron chi connectivity index (χ2n) is 5.39. The van der Waals surface area contributed by atoms with Crippen LogP contribution in [0.4, 0.5) is 0 Å². The Balaban J connectivity index is 2.29. The van der Waals surface area contributed by atoms with E-state index < -0.39 is 0 Å². The highest BCUT2D eigenvalue weighted by molar-refractivity contribution is 5.27. The zero-order valence-electron chi connectivity index (χ0n) is 10.9. The predicted molar refractivity (Wildman–Crippen MR) is 72.1 cm³/mol. The predicted octanol–water partition coefficient (Wildman–Crippen LogP) is 4.05. The standard InChI is InChI=1S/C16H24O/c1-2-9-15(17)16(12-7-4-8-13-16)14-10-5-3-6-11-14/h3,5-6,10-11,15,17H,2,4,7-9,12-13H2,1H3/t15-/m0/s1. The minimum Gasteiger partial charge on any atom is -0.392 e. The Morgan fingerprint density at radius 2 is 1.76 bits per heavy atom. The molecule has 94 valence electrons. The Morgan fingerprint density at radius 3 is 2.35 bits per heavy atom. The number of aliphatic hydroxyl groups is 1. The highest BCUT2D eigenvalue weighted by Gasteiger charge is 2.39. The molecule has 0 heterocycles. The normalized spacial score (nSPS) is 21.1. The third-order valence-electron chi connectivity index (χ3n) is 4.29. The molecular weight excluding hydrogens is 208 g/mol. The molecule has 17 heavy (non-hydrogen) atoms. The van der Waals surface area contributed by atoms with Crippen LogP contribution in [0.5, 0.6) is 0 Å². The molecule has 0 bridgehead atoms. The van der Waals surface area contributed by atoms with Crippen LogP contribution < -0.4 is 0 Å². The van der Waals surface area contributed by atoms with Crippen LogP contribution >= 0.6 is 0 Å². The lowest BCUT2D eigenvalue weighted by atomic mass is 9.65. The molecule has 0 aromatic heterocycles. The van der Waals surface area contributed by atoms with Crippen molar-refractivity contribution in [3.05, 3.63) is 35.9 Å². The largest absolute Gasteiger partial charge is 0.392 e. The maximum Gasteiger partial charge on any atom is 0.0636 e. The quantitative estimate of drug-likeness (QED) is 0.830. The molecule has 1 fully saturated rings. The SMILES string of the molecule is CCC[C@H](O)C1(c2ccccc2)CCCCC1. The van der Waals surface area contributed by atoms with E-state index in [2.05, 4.69) is 37.3 Å². The Labute approximate surface area is 105 Å². The molecule has 1 aliphatic carbocycles. The number of aliphatic hydroxyl groups excluding tert-OH is 1. The molecule has 0 spiro atoms. The fourth-order valence-electron chi connectivity index (χ4n) is 3.32. The van der Waals surface area contributed by atoms with Gasteiger partial charge in [-0.25, -0.2) is 0 Å². The smallest absolute Gasteiger partial charge is 0.0636 e. The van der Waals surface area contributed by atoms with E-state index in [0.717, 1.165) is 25.7 Å². The summed E-state index contributed by atoms with van der Waals surface area (Å²) in [6.07, 6.45) is 7.97. The summed E-state index contributed by atoms with van der Waals surface area (Å²) in [6.45, 7) is 2.16. The molecule has 0 amide bonds. The molecular formula is C16H24O. The highest BCUT2D eigenvalue weighted by atomic mass is 16.3. The summed E-state index contributed by atoms with van der Waals surface area (Å²) in [6, 6.07) is 10.7. The van der Waals surface area contributed by atoms with Crippen molar-refractivity contribution in [2.45, 2.75) is 63.4 Å². The van der Waals surface area contributed by atoms with E-state index in [0.29, 0.717) is 0 Å². The summed E-state index contributed by atoms with van der Waals surface area (Å²) in [5.74, 6) is 0. The van der Waals surface area contributed by atoms with Gasteiger partial charge in [0.25, 0.3) is 0 Å². The van der Waals surface area contributed by atoms with E-state index in [1.54, 1.807) is 0 Å². The first-order valence-corrected chi connectivity index (χ1v) is 7.03. The van der Waals surface area contributed by atoms with E-state index in [1.807, 2.05) is 0 Å². The van der Waals surface area contributed by atoms with Gasteiger partial charge in [-0.3, -0.25) is 0 Å². The Bertz CT molecular complexity index is 325. The third kappa shape index (κ3) is 2.55. The second-order valence-corrected chi connectivity index (χ2v) is 5.39. The first-order chi connectivity index (χ1) is 8.29. The van der Waals surface area contributed by atoms with Crippen molar-refractivity contribution in [2.75, 3.05) is 0 Å². The molecule has 1 N–H and O–H groups in total. The van der Waals surface area contributed by atoms with Gasteiger partial charge in [0.15, 0.2) is 0 Å². The highest BCUT2D eigenvalue weighted by Crippen LogP contribution is 2.43. The zero-order chi connectivity index (χ0) is 12.1. The van der Waals surface area contributed by atoms with Gasteiger partial charge in [0.1, 0.15) is 0 Å². The summed E-state index contributed by atoms with van der Waals surface area (Å²) in [5, 5.41) is 10.6. The van der Waals surface area contributed by atoms with Crippen molar-refractivity contribution in [3.63, 3.8) is 0 Å².